The molecule has 5 heterocycles. The van der Waals surface area contributed by atoms with E-state index in [-0.39, 0.29) is 11.5 Å². The lowest BCUT2D eigenvalue weighted by Crippen LogP contribution is -2.11. The summed E-state index contributed by atoms with van der Waals surface area (Å²) in [6, 6.07) is 14.7. The van der Waals surface area contributed by atoms with Gasteiger partial charge in [-0.3, -0.25) is 9.36 Å². The van der Waals surface area contributed by atoms with Gasteiger partial charge in [0.05, 0.1) is 28.5 Å². The zero-order valence-corrected chi connectivity index (χ0v) is 29.7. The van der Waals surface area contributed by atoms with Crippen LogP contribution in [-0.4, -0.2) is 41.8 Å². The first-order chi connectivity index (χ1) is 23.8. The minimum Gasteiger partial charge on any atom is -0.493 e. The third-order valence-electron chi connectivity index (χ3n) is 9.61. The van der Waals surface area contributed by atoms with Crippen LogP contribution in [0.5, 0.6) is 5.75 Å². The van der Waals surface area contributed by atoms with E-state index in [0.717, 1.165) is 91.8 Å². The predicted octanol–water partition coefficient (Wildman–Crippen LogP) is 8.81. The van der Waals surface area contributed by atoms with Gasteiger partial charge in [-0.25, -0.2) is 9.18 Å². The number of aromatic nitrogens is 5. The van der Waals surface area contributed by atoms with E-state index in [1.807, 2.05) is 43.0 Å². The maximum Gasteiger partial charge on any atom is 0.352 e. The van der Waals surface area contributed by atoms with Crippen molar-refractivity contribution in [2.24, 2.45) is 14.1 Å². The minimum absolute atomic E-state index is 0.253. The Morgan fingerprint density at radius 1 is 0.959 bits per heavy atom. The Hall–Kier alpha value is -3.93. The first-order valence-corrected chi connectivity index (χ1v) is 19.0. The third-order valence-corrected chi connectivity index (χ3v) is 11.9. The Bertz CT molecular complexity index is 2280. The van der Waals surface area contributed by atoms with Gasteiger partial charge in [0.25, 0.3) is 0 Å². The van der Waals surface area contributed by atoms with Crippen LogP contribution in [0.4, 0.5) is 4.39 Å². The van der Waals surface area contributed by atoms with Gasteiger partial charge in [0.2, 0.25) is 0 Å². The summed E-state index contributed by atoms with van der Waals surface area (Å²) < 4.78 is 26.6. The van der Waals surface area contributed by atoms with Gasteiger partial charge in [-0.2, -0.15) is 10.2 Å². The van der Waals surface area contributed by atoms with E-state index in [1.54, 1.807) is 34.2 Å². The number of aryl methyl sites for hydroxylation is 4. The molecule has 6 aromatic rings. The van der Waals surface area contributed by atoms with Crippen molar-refractivity contribution in [3.8, 4) is 16.9 Å². The van der Waals surface area contributed by atoms with Crippen molar-refractivity contribution in [2.45, 2.75) is 60.8 Å². The molecule has 12 heteroatoms. The van der Waals surface area contributed by atoms with Gasteiger partial charge in [0.15, 0.2) is 0 Å². The first-order valence-electron chi connectivity index (χ1n) is 16.5. The fraction of sp³-hybridized carbons (Fsp3) is 0.324. The van der Waals surface area contributed by atoms with Gasteiger partial charge in [-0.05, 0) is 85.5 Å². The summed E-state index contributed by atoms with van der Waals surface area (Å²) in [5.74, 6) is 1.47. The van der Waals surface area contributed by atoms with Crippen molar-refractivity contribution in [2.75, 3.05) is 6.61 Å². The molecule has 8 bridgehead atoms. The van der Waals surface area contributed by atoms with Crippen LogP contribution in [0.1, 0.15) is 58.1 Å². The summed E-state index contributed by atoms with van der Waals surface area (Å²) in [7, 11) is 3.79. The number of nitrogens with zero attached hydrogens (tertiary/aromatic N) is 5. The predicted molar refractivity (Wildman–Crippen MR) is 195 cm³/mol. The highest BCUT2D eigenvalue weighted by atomic mass is 35.5. The van der Waals surface area contributed by atoms with Crippen LogP contribution in [0, 0.1) is 5.82 Å². The van der Waals surface area contributed by atoms with Crippen molar-refractivity contribution in [3.63, 3.8) is 0 Å². The van der Waals surface area contributed by atoms with E-state index in [2.05, 4.69) is 10.7 Å². The SMILES string of the molecule is Cn1nc2cc1CSc1cc(c3ccc(F)cc3c1)OCCCc1c(C(=O)O)n(C)c3c(c(Cl)ccc13)-c1c(nn3c1CCCC3)CSC2. The Morgan fingerprint density at radius 2 is 1.82 bits per heavy atom. The van der Waals surface area contributed by atoms with E-state index in [4.69, 9.17) is 26.5 Å². The van der Waals surface area contributed by atoms with Crippen LogP contribution < -0.4 is 4.74 Å². The second-order valence-corrected chi connectivity index (χ2v) is 15.2. The van der Waals surface area contributed by atoms with Crippen LogP contribution in [-0.2, 0) is 50.7 Å². The number of rotatable bonds is 1. The molecule has 2 aliphatic heterocycles. The smallest absolute Gasteiger partial charge is 0.352 e. The fourth-order valence-corrected chi connectivity index (χ4v) is 9.48. The highest BCUT2D eigenvalue weighted by Gasteiger charge is 2.29. The molecule has 0 radical (unpaired) electrons. The molecule has 8 rings (SSSR count). The van der Waals surface area contributed by atoms with Crippen molar-refractivity contribution in [3.05, 3.63) is 93.4 Å². The van der Waals surface area contributed by atoms with Gasteiger partial charge in [-0.15, -0.1) is 23.5 Å². The molecule has 2 aliphatic rings. The number of carboxylic acids is 1. The summed E-state index contributed by atoms with van der Waals surface area (Å²) in [5, 5.41) is 23.5. The van der Waals surface area contributed by atoms with Crippen LogP contribution in [0.15, 0.2) is 53.4 Å². The molecule has 3 aromatic carbocycles. The lowest BCUT2D eigenvalue weighted by Gasteiger charge is -2.16. The molecular formula is C37H35ClFN5O3S2. The summed E-state index contributed by atoms with van der Waals surface area (Å²) in [6.07, 6.45) is 4.12. The summed E-state index contributed by atoms with van der Waals surface area (Å²) in [6.45, 7) is 1.22. The number of halogens is 2. The van der Waals surface area contributed by atoms with Crippen molar-refractivity contribution in [1.82, 2.24) is 24.1 Å². The number of ether oxygens (including phenoxy) is 1. The Balaban J connectivity index is 1.26. The summed E-state index contributed by atoms with van der Waals surface area (Å²) in [4.78, 5) is 13.8. The number of aromatic carboxylic acids is 1. The molecule has 0 amide bonds. The quantitative estimate of drug-likeness (QED) is 0.182. The standard InChI is InChI=1S/C37H35ClFN5O3S2/c1-42-35-28-10-11-29(38)33(35)34-30(41-44-12-4-3-7-31(34)44)20-48-18-23-16-24(43(2)40-23)19-49-25-15-21-14-22(39)8-9-26(21)32(17-25)47-13-5-6-27(28)36(42)37(45)46/h8-11,14-17H,3-7,12-13,18-20H2,1-2H3,(H,45,46). The number of hydrogen-bond donors (Lipinski definition) is 1. The fourth-order valence-electron chi connectivity index (χ4n) is 7.40. The number of fused-ring (bicyclic) bond motifs is 10. The lowest BCUT2D eigenvalue weighted by molar-refractivity contribution is 0.0685. The largest absolute Gasteiger partial charge is 0.493 e. The Kier molecular flexibility index (Phi) is 8.62. The van der Waals surface area contributed by atoms with Crippen LogP contribution in [0.2, 0.25) is 5.02 Å². The molecule has 252 valence electrons. The zero-order chi connectivity index (χ0) is 33.8. The zero-order valence-electron chi connectivity index (χ0n) is 27.3. The average Bonchev–Trinajstić information content (AvgIpc) is 3.71. The van der Waals surface area contributed by atoms with Gasteiger partial charge < -0.3 is 14.4 Å². The van der Waals surface area contributed by atoms with Crippen molar-refractivity contribution < 1.29 is 19.0 Å². The molecule has 1 N–H and O–H groups in total. The molecule has 0 fully saturated rings. The molecular weight excluding hydrogens is 681 g/mol. The average molecular weight is 716 g/mol. The molecule has 0 unspecified atom stereocenters. The van der Waals surface area contributed by atoms with E-state index in [1.165, 1.54) is 12.1 Å². The third kappa shape index (κ3) is 5.89. The van der Waals surface area contributed by atoms with Gasteiger partial charge in [-0.1, -0.05) is 17.7 Å². The molecule has 0 aliphatic carbocycles. The van der Waals surface area contributed by atoms with E-state index < -0.39 is 5.97 Å². The summed E-state index contributed by atoms with van der Waals surface area (Å²) in [5.41, 5.74) is 7.91. The molecule has 0 spiro atoms. The monoisotopic (exact) mass is 715 g/mol. The molecule has 0 saturated carbocycles. The molecule has 8 nitrogen and oxygen atoms in total. The molecule has 0 atom stereocenters. The number of hydrogen-bond acceptors (Lipinski definition) is 6. The molecule has 49 heavy (non-hydrogen) atoms. The normalized spacial score (nSPS) is 15.5. The highest BCUT2D eigenvalue weighted by Crippen LogP contribution is 2.44. The number of thioether (sulfide) groups is 2. The van der Waals surface area contributed by atoms with Crippen molar-refractivity contribution >= 4 is 62.8 Å². The second-order valence-electron chi connectivity index (χ2n) is 12.7. The summed E-state index contributed by atoms with van der Waals surface area (Å²) >= 11 is 10.5. The van der Waals surface area contributed by atoms with Crippen LogP contribution >= 0.6 is 35.1 Å². The maximum absolute atomic E-state index is 14.3. The highest BCUT2D eigenvalue weighted by molar-refractivity contribution is 7.98. The molecule has 3 aromatic heterocycles. The number of carbonyl (C=O) groups is 1. The van der Waals surface area contributed by atoms with Gasteiger partial charge in [0, 0.05) is 76.1 Å². The number of benzene rings is 3. The Labute approximate surface area is 296 Å². The van der Waals surface area contributed by atoms with E-state index in [0.29, 0.717) is 47.5 Å². The first kappa shape index (κ1) is 32.3. The Morgan fingerprint density at radius 3 is 2.67 bits per heavy atom. The topological polar surface area (TPSA) is 87.1 Å². The van der Waals surface area contributed by atoms with E-state index in [9.17, 15) is 14.3 Å². The number of carboxylic acid groups (broad SMARTS) is 1. The minimum atomic E-state index is -0.980. The van der Waals surface area contributed by atoms with Crippen LogP contribution in [0.25, 0.3) is 32.8 Å². The molecule has 0 saturated heterocycles. The van der Waals surface area contributed by atoms with Gasteiger partial charge >= 0.3 is 5.97 Å². The van der Waals surface area contributed by atoms with Crippen LogP contribution in [0.3, 0.4) is 0 Å². The van der Waals surface area contributed by atoms with E-state index >= 15 is 0 Å². The maximum atomic E-state index is 14.3. The van der Waals surface area contributed by atoms with Gasteiger partial charge in [0.1, 0.15) is 17.3 Å². The van der Waals surface area contributed by atoms with Crippen molar-refractivity contribution in [1.29, 1.82) is 0 Å². The lowest BCUT2D eigenvalue weighted by atomic mass is 9.95. The second kappa shape index (κ2) is 13.1.